The summed E-state index contributed by atoms with van der Waals surface area (Å²) in [5, 5.41) is 6.43. The molecule has 142 valence electrons. The van der Waals surface area contributed by atoms with Crippen LogP contribution in [0.15, 0.2) is 64.3 Å². The molecule has 27 heavy (non-hydrogen) atoms. The molecule has 0 unspecified atom stereocenters. The maximum absolute atomic E-state index is 13.0. The van der Waals surface area contributed by atoms with E-state index in [9.17, 15) is 4.39 Å². The Kier molecular flexibility index (Phi) is 8.18. The summed E-state index contributed by atoms with van der Waals surface area (Å²) in [5.74, 6) is 0.893. The van der Waals surface area contributed by atoms with Gasteiger partial charge < -0.3 is 15.1 Å². The van der Waals surface area contributed by atoms with E-state index in [1.807, 2.05) is 18.2 Å². The molecule has 0 aliphatic heterocycles. The second-order valence-electron chi connectivity index (χ2n) is 5.57. The molecule has 0 saturated heterocycles. The van der Waals surface area contributed by atoms with Crippen LogP contribution in [0.4, 0.5) is 4.39 Å². The molecule has 2 aromatic heterocycles. The standard InChI is InChI=1S/C19H20FN5O.HI/c1-21-19(24-12-16-4-2-3-10-22-16)23-11-9-17-13-26-18(25-17)14-5-7-15(20)8-6-14;/h2-8,10,13H,9,11-12H2,1H3,(H2,21,23,24);1H. The van der Waals surface area contributed by atoms with Gasteiger partial charge in [0.25, 0.3) is 0 Å². The fraction of sp³-hybridized carbons (Fsp3) is 0.211. The van der Waals surface area contributed by atoms with Gasteiger partial charge in [0.1, 0.15) is 12.1 Å². The van der Waals surface area contributed by atoms with E-state index >= 15 is 0 Å². The third kappa shape index (κ3) is 6.31. The van der Waals surface area contributed by atoms with E-state index in [2.05, 4.69) is 25.6 Å². The highest BCUT2D eigenvalue weighted by Gasteiger charge is 2.07. The van der Waals surface area contributed by atoms with Crippen LogP contribution in [-0.2, 0) is 13.0 Å². The van der Waals surface area contributed by atoms with Gasteiger partial charge in [-0.3, -0.25) is 9.98 Å². The number of guanidine groups is 1. The minimum atomic E-state index is -0.283. The lowest BCUT2D eigenvalue weighted by atomic mass is 10.2. The van der Waals surface area contributed by atoms with Gasteiger partial charge in [-0.15, -0.1) is 24.0 Å². The van der Waals surface area contributed by atoms with Crippen molar-refractivity contribution in [3.8, 4) is 11.5 Å². The van der Waals surface area contributed by atoms with Crippen LogP contribution in [-0.4, -0.2) is 29.5 Å². The molecular formula is C19H21FIN5O. The monoisotopic (exact) mass is 481 g/mol. The van der Waals surface area contributed by atoms with Crippen LogP contribution in [0.25, 0.3) is 11.5 Å². The highest BCUT2D eigenvalue weighted by atomic mass is 127. The maximum atomic E-state index is 13.0. The molecule has 8 heteroatoms. The smallest absolute Gasteiger partial charge is 0.226 e. The molecule has 0 amide bonds. The van der Waals surface area contributed by atoms with Crippen LogP contribution < -0.4 is 10.6 Å². The van der Waals surface area contributed by atoms with Crippen LogP contribution in [0.5, 0.6) is 0 Å². The number of halogens is 2. The first-order chi connectivity index (χ1) is 12.7. The first kappa shape index (κ1) is 20.8. The van der Waals surface area contributed by atoms with E-state index in [0.29, 0.717) is 31.4 Å². The summed E-state index contributed by atoms with van der Waals surface area (Å²) in [5.41, 5.74) is 2.51. The molecular weight excluding hydrogens is 460 g/mol. The molecule has 0 fully saturated rings. The van der Waals surface area contributed by atoms with Crippen molar-refractivity contribution < 1.29 is 8.81 Å². The molecule has 0 aliphatic carbocycles. The molecule has 2 heterocycles. The van der Waals surface area contributed by atoms with Crippen LogP contribution in [0.3, 0.4) is 0 Å². The molecule has 0 saturated carbocycles. The number of nitrogens with one attached hydrogen (secondary N) is 2. The summed E-state index contributed by atoms with van der Waals surface area (Å²) in [6, 6.07) is 11.8. The second-order valence-corrected chi connectivity index (χ2v) is 5.57. The van der Waals surface area contributed by atoms with E-state index in [1.165, 1.54) is 12.1 Å². The van der Waals surface area contributed by atoms with Gasteiger partial charge in [-0.05, 0) is 36.4 Å². The Morgan fingerprint density at radius 3 is 2.63 bits per heavy atom. The summed E-state index contributed by atoms with van der Waals surface area (Å²) in [6.07, 6.45) is 4.05. The Bertz CT molecular complexity index is 852. The predicted octanol–water partition coefficient (Wildman–Crippen LogP) is 3.40. The zero-order valence-corrected chi connectivity index (χ0v) is 17.2. The van der Waals surface area contributed by atoms with Gasteiger partial charge in [-0.1, -0.05) is 6.07 Å². The van der Waals surface area contributed by atoms with E-state index in [4.69, 9.17) is 4.42 Å². The number of nitrogens with zero attached hydrogens (tertiary/aromatic N) is 3. The first-order valence-electron chi connectivity index (χ1n) is 8.29. The van der Waals surface area contributed by atoms with Crippen LogP contribution in [0.2, 0.25) is 0 Å². The molecule has 0 radical (unpaired) electrons. The highest BCUT2D eigenvalue weighted by Crippen LogP contribution is 2.18. The molecule has 0 spiro atoms. The van der Waals surface area contributed by atoms with Crippen molar-refractivity contribution in [1.82, 2.24) is 20.6 Å². The quantitative estimate of drug-likeness (QED) is 0.321. The lowest BCUT2D eigenvalue weighted by molar-refractivity contribution is 0.571. The van der Waals surface area contributed by atoms with Crippen molar-refractivity contribution in [2.45, 2.75) is 13.0 Å². The normalized spacial score (nSPS) is 11.0. The van der Waals surface area contributed by atoms with Crippen LogP contribution in [0.1, 0.15) is 11.4 Å². The van der Waals surface area contributed by atoms with Gasteiger partial charge in [-0.25, -0.2) is 9.37 Å². The van der Waals surface area contributed by atoms with Crippen molar-refractivity contribution in [2.75, 3.05) is 13.6 Å². The van der Waals surface area contributed by atoms with E-state index in [-0.39, 0.29) is 29.8 Å². The summed E-state index contributed by atoms with van der Waals surface area (Å²) in [4.78, 5) is 12.9. The molecule has 3 rings (SSSR count). The number of rotatable bonds is 6. The minimum absolute atomic E-state index is 0. The second kappa shape index (κ2) is 10.6. The van der Waals surface area contributed by atoms with Gasteiger partial charge in [0, 0.05) is 31.8 Å². The summed E-state index contributed by atoms with van der Waals surface area (Å²) >= 11 is 0. The molecule has 2 N–H and O–H groups in total. The molecule has 3 aromatic rings. The van der Waals surface area contributed by atoms with Crippen molar-refractivity contribution in [2.24, 2.45) is 4.99 Å². The number of pyridine rings is 1. The molecule has 0 aliphatic rings. The zero-order chi connectivity index (χ0) is 18.2. The van der Waals surface area contributed by atoms with Crippen molar-refractivity contribution >= 4 is 29.9 Å². The van der Waals surface area contributed by atoms with Crippen molar-refractivity contribution in [3.63, 3.8) is 0 Å². The number of benzene rings is 1. The van der Waals surface area contributed by atoms with Crippen LogP contribution >= 0.6 is 24.0 Å². The minimum Gasteiger partial charge on any atom is -0.444 e. The van der Waals surface area contributed by atoms with E-state index in [1.54, 1.807) is 31.6 Å². The van der Waals surface area contributed by atoms with Gasteiger partial charge in [0.05, 0.1) is 17.9 Å². The molecule has 1 aromatic carbocycles. The predicted molar refractivity (Wildman–Crippen MR) is 113 cm³/mol. The van der Waals surface area contributed by atoms with Gasteiger partial charge in [0.2, 0.25) is 5.89 Å². The first-order valence-corrected chi connectivity index (χ1v) is 8.29. The Morgan fingerprint density at radius 2 is 1.93 bits per heavy atom. The number of hydrogen-bond donors (Lipinski definition) is 2. The largest absolute Gasteiger partial charge is 0.444 e. The Labute approximate surface area is 174 Å². The average molecular weight is 481 g/mol. The number of hydrogen-bond acceptors (Lipinski definition) is 4. The third-order valence-electron chi connectivity index (χ3n) is 3.70. The Hall–Kier alpha value is -2.49. The lowest BCUT2D eigenvalue weighted by Gasteiger charge is -2.10. The fourth-order valence-corrected chi connectivity index (χ4v) is 2.35. The van der Waals surface area contributed by atoms with E-state index < -0.39 is 0 Å². The van der Waals surface area contributed by atoms with Crippen LogP contribution in [0, 0.1) is 5.82 Å². The fourth-order valence-electron chi connectivity index (χ4n) is 2.35. The zero-order valence-electron chi connectivity index (χ0n) is 14.9. The van der Waals surface area contributed by atoms with Crippen molar-refractivity contribution in [3.05, 3.63) is 72.1 Å². The van der Waals surface area contributed by atoms with Gasteiger partial charge in [-0.2, -0.15) is 0 Å². The average Bonchev–Trinajstić information content (AvgIpc) is 3.15. The highest BCUT2D eigenvalue weighted by molar-refractivity contribution is 14.0. The van der Waals surface area contributed by atoms with Crippen molar-refractivity contribution in [1.29, 1.82) is 0 Å². The molecule has 0 atom stereocenters. The lowest BCUT2D eigenvalue weighted by Crippen LogP contribution is -2.38. The number of oxazole rings is 1. The summed E-state index contributed by atoms with van der Waals surface area (Å²) in [6.45, 7) is 1.25. The van der Waals surface area contributed by atoms with Gasteiger partial charge >= 0.3 is 0 Å². The van der Waals surface area contributed by atoms with E-state index in [0.717, 1.165) is 17.0 Å². The summed E-state index contributed by atoms with van der Waals surface area (Å²) in [7, 11) is 1.72. The topological polar surface area (TPSA) is 75.3 Å². The van der Waals surface area contributed by atoms with Gasteiger partial charge in [0.15, 0.2) is 5.96 Å². The Morgan fingerprint density at radius 1 is 1.11 bits per heavy atom. The Balaban J connectivity index is 0.00000261. The SMILES string of the molecule is CN=C(NCCc1coc(-c2ccc(F)cc2)n1)NCc1ccccn1.I. The maximum Gasteiger partial charge on any atom is 0.226 e. The third-order valence-corrected chi connectivity index (χ3v) is 3.70. The molecule has 6 nitrogen and oxygen atoms in total. The molecule has 0 bridgehead atoms. The number of aromatic nitrogens is 2. The number of aliphatic imine (C=N–C) groups is 1. The summed E-state index contributed by atoms with van der Waals surface area (Å²) < 4.78 is 18.4.